The summed E-state index contributed by atoms with van der Waals surface area (Å²) in [6.07, 6.45) is 0.419. The van der Waals surface area contributed by atoms with Crippen LogP contribution in [-0.4, -0.2) is 13.0 Å². The Bertz CT molecular complexity index is 890. The van der Waals surface area contributed by atoms with Crippen LogP contribution in [-0.2, 0) is 16.5 Å². The van der Waals surface area contributed by atoms with Crippen molar-refractivity contribution in [2.75, 3.05) is 0 Å². The Morgan fingerprint density at radius 3 is 2.14 bits per heavy atom. The van der Waals surface area contributed by atoms with Gasteiger partial charge in [0.15, 0.2) is 0 Å². The molecule has 0 saturated carbocycles. The molecule has 0 aliphatic heterocycles. The van der Waals surface area contributed by atoms with E-state index in [2.05, 4.69) is 0 Å². The molecule has 3 rings (SSSR count). The van der Waals surface area contributed by atoms with E-state index in [1.807, 2.05) is 42.5 Å². The van der Waals surface area contributed by atoms with Gasteiger partial charge in [-0.25, -0.2) is 8.42 Å². The van der Waals surface area contributed by atoms with Crippen LogP contribution in [0.5, 0.6) is 0 Å². The first kappa shape index (κ1) is 17.2. The minimum absolute atomic E-state index is 0. The number of benzene rings is 3. The van der Waals surface area contributed by atoms with Crippen LogP contribution in [0.25, 0.3) is 10.8 Å². The zero-order valence-corrected chi connectivity index (χ0v) is 15.0. The average Bonchev–Trinajstić information content (AvgIpc) is 2.47. The predicted octanol–water partition coefficient (Wildman–Crippen LogP) is 0.339. The maximum Gasteiger partial charge on any atom is 1.00 e. The summed E-state index contributed by atoms with van der Waals surface area (Å²) in [5, 5.41) is 1.24. The molecular weight excluding hydrogens is 307 g/mol. The largest absolute Gasteiger partial charge is 1.00 e. The van der Waals surface area contributed by atoms with Crippen molar-refractivity contribution in [3.63, 3.8) is 0 Å². The summed E-state index contributed by atoms with van der Waals surface area (Å²) < 4.78 is 35.1. The quantitative estimate of drug-likeness (QED) is 0.516. The fraction of sp³-hybridized carbons (Fsp3) is 0.0588. The van der Waals surface area contributed by atoms with Gasteiger partial charge in [-0.1, -0.05) is 66.7 Å². The van der Waals surface area contributed by atoms with Gasteiger partial charge >= 0.3 is 29.6 Å². The van der Waals surface area contributed by atoms with Gasteiger partial charge < -0.3 is 4.55 Å². The minimum Gasteiger partial charge on any atom is -0.744 e. The first-order valence-corrected chi connectivity index (χ1v) is 7.97. The minimum atomic E-state index is -4.53. The van der Waals surface area contributed by atoms with E-state index < -0.39 is 10.1 Å². The molecule has 22 heavy (non-hydrogen) atoms. The van der Waals surface area contributed by atoms with Crippen molar-refractivity contribution in [1.29, 1.82) is 0 Å². The van der Waals surface area contributed by atoms with Crippen molar-refractivity contribution >= 4 is 20.9 Å². The molecule has 106 valence electrons. The summed E-state index contributed by atoms with van der Waals surface area (Å²) in [5.74, 6) is 0. The molecule has 0 bridgehead atoms. The maximum atomic E-state index is 11.7. The van der Waals surface area contributed by atoms with Gasteiger partial charge in [-0.05, 0) is 28.3 Å². The zero-order valence-electron chi connectivity index (χ0n) is 12.2. The van der Waals surface area contributed by atoms with Gasteiger partial charge in [0.2, 0.25) is 0 Å². The normalized spacial score (nSPS) is 11.1. The second kappa shape index (κ2) is 6.94. The molecule has 0 unspecified atom stereocenters. The Labute approximate surface area is 152 Å². The maximum absolute atomic E-state index is 11.7. The number of hydrogen-bond acceptors (Lipinski definition) is 3. The van der Waals surface area contributed by atoms with Crippen LogP contribution in [0.4, 0.5) is 0 Å². The van der Waals surface area contributed by atoms with Gasteiger partial charge in [-0.15, -0.1) is 0 Å². The Kier molecular flexibility index (Phi) is 5.42. The molecule has 0 aromatic heterocycles. The third kappa shape index (κ3) is 3.59. The molecule has 0 aliphatic carbocycles. The summed E-state index contributed by atoms with van der Waals surface area (Å²) >= 11 is 0. The van der Waals surface area contributed by atoms with Crippen LogP contribution < -0.4 is 29.6 Å². The fourth-order valence-electron chi connectivity index (χ4n) is 2.54. The van der Waals surface area contributed by atoms with Crippen LogP contribution in [0.3, 0.4) is 0 Å². The number of rotatable bonds is 3. The van der Waals surface area contributed by atoms with Gasteiger partial charge in [0.05, 0.1) is 4.90 Å². The summed E-state index contributed by atoms with van der Waals surface area (Å²) in [6, 6.07) is 20.1. The topological polar surface area (TPSA) is 57.2 Å². The van der Waals surface area contributed by atoms with Gasteiger partial charge in [-0.2, -0.15) is 0 Å². The summed E-state index contributed by atoms with van der Waals surface area (Å²) in [6.45, 7) is 0. The summed E-state index contributed by atoms with van der Waals surface area (Å²) in [7, 11) is -4.53. The van der Waals surface area contributed by atoms with Crippen LogP contribution in [0, 0.1) is 0 Å². The van der Waals surface area contributed by atoms with Crippen molar-refractivity contribution in [1.82, 2.24) is 0 Å². The third-order valence-corrected chi connectivity index (χ3v) is 4.43. The van der Waals surface area contributed by atoms with Crippen molar-refractivity contribution in [3.05, 3.63) is 77.9 Å². The van der Waals surface area contributed by atoms with Gasteiger partial charge in [0, 0.05) is 0 Å². The second-order valence-electron chi connectivity index (χ2n) is 4.89. The molecule has 0 saturated heterocycles. The third-order valence-electron chi connectivity index (χ3n) is 3.45. The van der Waals surface area contributed by atoms with E-state index in [0.717, 1.165) is 10.9 Å². The average molecular weight is 320 g/mol. The molecule has 0 aliphatic rings. The van der Waals surface area contributed by atoms with E-state index in [-0.39, 0.29) is 34.5 Å². The van der Waals surface area contributed by atoms with Crippen molar-refractivity contribution < 1.29 is 42.5 Å². The molecule has 3 aromatic rings. The van der Waals surface area contributed by atoms with Gasteiger partial charge in [0.1, 0.15) is 10.1 Å². The Morgan fingerprint density at radius 1 is 0.818 bits per heavy atom. The molecule has 3 nitrogen and oxygen atoms in total. The standard InChI is InChI=1S/C17H14O3S.Na/c18-21(19,20)17-15(12-13-6-2-1-3-7-13)11-10-14-8-4-5-9-16(14)17;/h1-11H,12H2,(H,18,19,20);/q;+1/p-1. The number of fused-ring (bicyclic) bond motifs is 1. The van der Waals surface area contributed by atoms with E-state index in [1.54, 1.807) is 24.3 Å². The SMILES string of the molecule is O=S(=O)([O-])c1c(Cc2ccccc2)ccc2ccccc12.[Na+]. The molecule has 0 heterocycles. The van der Waals surface area contributed by atoms with Crippen LogP contribution >= 0.6 is 0 Å². The van der Waals surface area contributed by atoms with Crippen LogP contribution in [0.1, 0.15) is 11.1 Å². The molecule has 0 fully saturated rings. The van der Waals surface area contributed by atoms with E-state index >= 15 is 0 Å². The Morgan fingerprint density at radius 2 is 1.45 bits per heavy atom. The molecule has 3 aromatic carbocycles. The first-order chi connectivity index (χ1) is 10.1. The summed E-state index contributed by atoms with van der Waals surface area (Å²) in [5.41, 5.74) is 1.51. The molecular formula is C17H13NaO3S. The number of hydrogen-bond donors (Lipinski definition) is 0. The van der Waals surface area contributed by atoms with Crippen molar-refractivity contribution in [3.8, 4) is 0 Å². The van der Waals surface area contributed by atoms with Crippen molar-refractivity contribution in [2.45, 2.75) is 11.3 Å². The monoisotopic (exact) mass is 320 g/mol. The van der Waals surface area contributed by atoms with E-state index in [4.69, 9.17) is 0 Å². The van der Waals surface area contributed by atoms with E-state index in [1.165, 1.54) is 0 Å². The Balaban J connectivity index is 0.00000176. The fourth-order valence-corrected chi connectivity index (χ4v) is 3.45. The zero-order chi connectivity index (χ0) is 14.9. The molecule has 0 N–H and O–H groups in total. The van der Waals surface area contributed by atoms with Gasteiger partial charge in [0.25, 0.3) is 0 Å². The second-order valence-corrected chi connectivity index (χ2v) is 6.21. The molecule has 0 atom stereocenters. The van der Waals surface area contributed by atoms with E-state index in [0.29, 0.717) is 17.4 Å². The molecule has 0 amide bonds. The first-order valence-electron chi connectivity index (χ1n) is 6.56. The molecule has 0 spiro atoms. The van der Waals surface area contributed by atoms with Gasteiger partial charge in [-0.3, -0.25) is 0 Å². The Hall–Kier alpha value is -1.17. The predicted molar refractivity (Wildman–Crippen MR) is 81.2 cm³/mol. The molecule has 0 radical (unpaired) electrons. The summed E-state index contributed by atoms with van der Waals surface area (Å²) in [4.78, 5) is -0.107. The van der Waals surface area contributed by atoms with Crippen LogP contribution in [0.15, 0.2) is 71.6 Å². The molecule has 5 heteroatoms. The smallest absolute Gasteiger partial charge is 0.744 e. The van der Waals surface area contributed by atoms with Crippen molar-refractivity contribution in [2.24, 2.45) is 0 Å². The van der Waals surface area contributed by atoms with Crippen LogP contribution in [0.2, 0.25) is 0 Å². The van der Waals surface area contributed by atoms with E-state index in [9.17, 15) is 13.0 Å².